The standard InChI is InChI=1S/C20H23BrN2O5S2/c1-4-28-20(25)18-14-6-5-7-16(14)29-19(18)22-17(24)11-23(30(3,26)27)13-8-9-15(21)12(2)10-13/h8-10H,4-7,11H2,1-3H3,(H,22,24). The van der Waals surface area contributed by atoms with Gasteiger partial charge >= 0.3 is 5.97 Å². The number of amides is 1. The number of aryl methyl sites for hydroxylation is 2. The summed E-state index contributed by atoms with van der Waals surface area (Å²) >= 11 is 4.75. The summed E-state index contributed by atoms with van der Waals surface area (Å²) in [5, 5.41) is 3.16. The maximum atomic E-state index is 12.8. The molecule has 162 valence electrons. The number of carbonyl (C=O) groups excluding carboxylic acids is 2. The van der Waals surface area contributed by atoms with Crippen LogP contribution in [0.2, 0.25) is 0 Å². The smallest absolute Gasteiger partial charge is 0.341 e. The van der Waals surface area contributed by atoms with E-state index in [1.165, 1.54) is 11.3 Å². The van der Waals surface area contributed by atoms with E-state index in [9.17, 15) is 18.0 Å². The Morgan fingerprint density at radius 3 is 2.67 bits per heavy atom. The van der Waals surface area contributed by atoms with Gasteiger partial charge in [0, 0.05) is 9.35 Å². The zero-order valence-corrected chi connectivity index (χ0v) is 20.2. The van der Waals surface area contributed by atoms with E-state index in [1.807, 2.05) is 6.92 Å². The average Bonchev–Trinajstić information content (AvgIpc) is 3.22. The molecule has 1 aromatic heterocycles. The first-order chi connectivity index (χ1) is 14.1. The van der Waals surface area contributed by atoms with E-state index < -0.39 is 28.4 Å². The van der Waals surface area contributed by atoms with Crippen LogP contribution in [0.15, 0.2) is 22.7 Å². The predicted molar refractivity (Wildman–Crippen MR) is 122 cm³/mol. The SMILES string of the molecule is CCOC(=O)c1c(NC(=O)CN(c2ccc(Br)c(C)c2)S(C)(=O)=O)sc2c1CCC2. The van der Waals surface area contributed by atoms with Gasteiger partial charge in [0.15, 0.2) is 0 Å². The molecule has 1 aliphatic rings. The van der Waals surface area contributed by atoms with Gasteiger partial charge in [0.2, 0.25) is 15.9 Å². The number of anilines is 2. The van der Waals surface area contributed by atoms with E-state index in [-0.39, 0.29) is 6.61 Å². The number of nitrogens with one attached hydrogen (secondary N) is 1. The van der Waals surface area contributed by atoms with Gasteiger partial charge in [-0.05, 0) is 62.4 Å². The monoisotopic (exact) mass is 514 g/mol. The Bertz CT molecular complexity index is 1090. The summed E-state index contributed by atoms with van der Waals surface area (Å²) < 4.78 is 31.8. The van der Waals surface area contributed by atoms with Crippen molar-refractivity contribution in [3.63, 3.8) is 0 Å². The van der Waals surface area contributed by atoms with Gasteiger partial charge in [0.05, 0.1) is 24.1 Å². The molecular weight excluding hydrogens is 492 g/mol. The molecule has 0 fully saturated rings. The van der Waals surface area contributed by atoms with Gasteiger partial charge in [-0.2, -0.15) is 0 Å². The van der Waals surface area contributed by atoms with Gasteiger partial charge in [0.1, 0.15) is 11.5 Å². The van der Waals surface area contributed by atoms with Crippen molar-refractivity contribution in [2.24, 2.45) is 0 Å². The van der Waals surface area contributed by atoms with Gasteiger partial charge in [-0.15, -0.1) is 11.3 Å². The van der Waals surface area contributed by atoms with Crippen molar-refractivity contribution < 1.29 is 22.7 Å². The molecule has 0 spiro atoms. The lowest BCUT2D eigenvalue weighted by atomic mass is 10.1. The second kappa shape index (κ2) is 9.07. The Labute approximate surface area is 188 Å². The van der Waals surface area contributed by atoms with Gasteiger partial charge < -0.3 is 10.1 Å². The molecule has 0 radical (unpaired) electrons. The summed E-state index contributed by atoms with van der Waals surface area (Å²) in [5.41, 5.74) is 2.57. The molecule has 30 heavy (non-hydrogen) atoms. The minimum Gasteiger partial charge on any atom is -0.462 e. The van der Waals surface area contributed by atoms with Crippen LogP contribution in [0.4, 0.5) is 10.7 Å². The van der Waals surface area contributed by atoms with Crippen molar-refractivity contribution in [3.8, 4) is 0 Å². The molecule has 1 aliphatic carbocycles. The first-order valence-electron chi connectivity index (χ1n) is 9.47. The lowest BCUT2D eigenvalue weighted by molar-refractivity contribution is -0.114. The van der Waals surface area contributed by atoms with Gasteiger partial charge in [-0.1, -0.05) is 15.9 Å². The highest BCUT2D eigenvalue weighted by Crippen LogP contribution is 2.39. The average molecular weight is 515 g/mol. The highest BCUT2D eigenvalue weighted by Gasteiger charge is 2.29. The number of sulfonamides is 1. The second-order valence-corrected chi connectivity index (χ2v) is 10.9. The summed E-state index contributed by atoms with van der Waals surface area (Å²) in [7, 11) is -3.70. The van der Waals surface area contributed by atoms with Crippen LogP contribution in [0.25, 0.3) is 0 Å². The van der Waals surface area contributed by atoms with Crippen LogP contribution in [0.3, 0.4) is 0 Å². The zero-order chi connectivity index (χ0) is 22.1. The van der Waals surface area contributed by atoms with Crippen LogP contribution in [-0.2, 0) is 32.4 Å². The number of halogens is 1. The summed E-state index contributed by atoms with van der Waals surface area (Å²) in [6, 6.07) is 5.07. The molecule has 0 aliphatic heterocycles. The normalized spacial score (nSPS) is 13.1. The predicted octanol–water partition coefficient (Wildman–Crippen LogP) is 3.89. The van der Waals surface area contributed by atoms with E-state index in [2.05, 4.69) is 21.2 Å². The molecule has 0 bridgehead atoms. The molecule has 1 amide bonds. The molecule has 2 aromatic rings. The fraction of sp³-hybridized carbons (Fsp3) is 0.400. The summed E-state index contributed by atoms with van der Waals surface area (Å²) in [6.07, 6.45) is 3.65. The van der Waals surface area contributed by atoms with Crippen LogP contribution in [0, 0.1) is 6.92 Å². The van der Waals surface area contributed by atoms with Crippen molar-refractivity contribution in [2.45, 2.75) is 33.1 Å². The molecule has 0 saturated heterocycles. The number of ether oxygens (including phenoxy) is 1. The number of thiophene rings is 1. The third kappa shape index (κ3) is 4.87. The van der Waals surface area contributed by atoms with Gasteiger partial charge in [0.25, 0.3) is 0 Å². The van der Waals surface area contributed by atoms with Crippen molar-refractivity contribution in [2.75, 3.05) is 29.0 Å². The highest BCUT2D eigenvalue weighted by molar-refractivity contribution is 9.10. The number of carbonyl (C=O) groups is 2. The van der Waals surface area contributed by atoms with Crippen molar-refractivity contribution in [3.05, 3.63) is 44.2 Å². The number of esters is 1. The number of hydrogen-bond donors (Lipinski definition) is 1. The first kappa shape index (κ1) is 22.8. The molecule has 1 N–H and O–H groups in total. The van der Waals surface area contributed by atoms with E-state index in [4.69, 9.17) is 4.74 Å². The number of nitrogens with zero attached hydrogens (tertiary/aromatic N) is 1. The maximum Gasteiger partial charge on any atom is 0.341 e. The van der Waals surface area contributed by atoms with Crippen LogP contribution in [-0.4, -0.2) is 39.7 Å². The first-order valence-corrected chi connectivity index (χ1v) is 12.9. The van der Waals surface area contributed by atoms with Crippen LogP contribution >= 0.6 is 27.3 Å². The van der Waals surface area contributed by atoms with Crippen LogP contribution in [0.5, 0.6) is 0 Å². The molecule has 0 saturated carbocycles. The fourth-order valence-electron chi connectivity index (χ4n) is 3.39. The second-order valence-electron chi connectivity index (χ2n) is 7.03. The van der Waals surface area contributed by atoms with Crippen molar-refractivity contribution >= 4 is 59.9 Å². The Hall–Kier alpha value is -1.91. The van der Waals surface area contributed by atoms with E-state index in [1.54, 1.807) is 25.1 Å². The summed E-state index contributed by atoms with van der Waals surface area (Å²) in [6.45, 7) is 3.41. The van der Waals surface area contributed by atoms with Crippen molar-refractivity contribution in [1.82, 2.24) is 0 Å². The molecule has 3 rings (SSSR count). The van der Waals surface area contributed by atoms with Gasteiger partial charge in [-0.25, -0.2) is 13.2 Å². The van der Waals surface area contributed by atoms with Crippen molar-refractivity contribution in [1.29, 1.82) is 0 Å². The number of fused-ring (bicyclic) bond motifs is 1. The third-order valence-corrected chi connectivity index (χ3v) is 8.01. The van der Waals surface area contributed by atoms with E-state index in [0.29, 0.717) is 16.3 Å². The quantitative estimate of drug-likeness (QED) is 0.565. The Kier molecular flexibility index (Phi) is 6.88. The fourth-order valence-corrected chi connectivity index (χ4v) is 5.78. The molecule has 10 heteroatoms. The van der Waals surface area contributed by atoms with Crippen LogP contribution in [0.1, 0.15) is 39.7 Å². The molecular formula is C20H23BrN2O5S2. The lowest BCUT2D eigenvalue weighted by Crippen LogP contribution is -2.37. The number of benzene rings is 1. The summed E-state index contributed by atoms with van der Waals surface area (Å²) in [5.74, 6) is -0.984. The van der Waals surface area contributed by atoms with E-state index in [0.717, 1.165) is 50.3 Å². The van der Waals surface area contributed by atoms with Gasteiger partial charge in [-0.3, -0.25) is 9.10 Å². The molecule has 0 unspecified atom stereocenters. The topological polar surface area (TPSA) is 92.8 Å². The van der Waals surface area contributed by atoms with E-state index >= 15 is 0 Å². The lowest BCUT2D eigenvalue weighted by Gasteiger charge is -2.22. The maximum absolute atomic E-state index is 12.8. The summed E-state index contributed by atoms with van der Waals surface area (Å²) in [4.78, 5) is 26.3. The minimum atomic E-state index is -3.70. The Balaban J connectivity index is 1.86. The molecule has 7 nitrogen and oxygen atoms in total. The number of rotatable bonds is 7. The third-order valence-electron chi connectivity index (χ3n) is 4.77. The van der Waals surface area contributed by atoms with Crippen LogP contribution < -0.4 is 9.62 Å². The molecule has 1 aromatic carbocycles. The highest BCUT2D eigenvalue weighted by atomic mass is 79.9. The Morgan fingerprint density at radius 2 is 2.03 bits per heavy atom. The molecule has 0 atom stereocenters. The zero-order valence-electron chi connectivity index (χ0n) is 17.0. The number of hydrogen-bond acceptors (Lipinski definition) is 6. The largest absolute Gasteiger partial charge is 0.462 e. The minimum absolute atomic E-state index is 0.238. The molecule has 1 heterocycles. The Morgan fingerprint density at radius 1 is 1.30 bits per heavy atom.